The van der Waals surface area contributed by atoms with Crippen molar-refractivity contribution in [1.82, 2.24) is 23.9 Å². The van der Waals surface area contributed by atoms with Crippen molar-refractivity contribution in [2.45, 2.75) is 26.9 Å². The van der Waals surface area contributed by atoms with Crippen molar-refractivity contribution in [3.05, 3.63) is 40.6 Å². The zero-order valence-electron chi connectivity index (χ0n) is 15.2. The lowest BCUT2D eigenvalue weighted by molar-refractivity contribution is -0.116. The summed E-state index contributed by atoms with van der Waals surface area (Å²) in [4.78, 5) is 40.6. The third kappa shape index (κ3) is 3.73. The number of carbonyl (C=O) groups is 2. The summed E-state index contributed by atoms with van der Waals surface area (Å²) in [5.41, 5.74) is 0.189. The molecule has 0 saturated heterocycles. The van der Waals surface area contributed by atoms with E-state index in [2.05, 4.69) is 15.4 Å². The number of nitrogens with zero attached hydrogens (tertiary/aromatic N) is 5. The van der Waals surface area contributed by atoms with Crippen LogP contribution in [-0.2, 0) is 24.9 Å². The summed E-state index contributed by atoms with van der Waals surface area (Å²) in [7, 11) is 1.72. The third-order valence-corrected chi connectivity index (χ3v) is 3.93. The Hall–Kier alpha value is -3.43. The van der Waals surface area contributed by atoms with Crippen molar-refractivity contribution < 1.29 is 14.7 Å². The van der Waals surface area contributed by atoms with Gasteiger partial charge in [0.05, 0.1) is 11.1 Å². The molecule has 0 atom stereocenters. The second-order valence-electron chi connectivity index (χ2n) is 6.67. The topological polar surface area (TPSA) is 124 Å². The number of anilines is 1. The molecule has 0 radical (unpaired) electrons. The van der Waals surface area contributed by atoms with E-state index >= 15 is 0 Å². The lowest BCUT2D eigenvalue weighted by Crippen LogP contribution is -2.30. The molecule has 0 aliphatic rings. The van der Waals surface area contributed by atoms with Gasteiger partial charge in [0.1, 0.15) is 6.54 Å². The Kier molecular flexibility index (Phi) is 4.80. The molecule has 3 aromatic heterocycles. The highest BCUT2D eigenvalue weighted by atomic mass is 16.4. The summed E-state index contributed by atoms with van der Waals surface area (Å²) in [6, 6.07) is 2.99. The van der Waals surface area contributed by atoms with Gasteiger partial charge in [-0.05, 0) is 12.0 Å². The zero-order valence-corrected chi connectivity index (χ0v) is 15.2. The van der Waals surface area contributed by atoms with Crippen molar-refractivity contribution in [3.63, 3.8) is 0 Å². The van der Waals surface area contributed by atoms with E-state index in [4.69, 9.17) is 0 Å². The molecule has 3 aromatic rings. The molecule has 0 aliphatic heterocycles. The fourth-order valence-corrected chi connectivity index (χ4v) is 2.80. The Labute approximate surface area is 154 Å². The van der Waals surface area contributed by atoms with Gasteiger partial charge in [0.2, 0.25) is 5.91 Å². The van der Waals surface area contributed by atoms with Crippen LogP contribution in [0.25, 0.3) is 11.2 Å². The van der Waals surface area contributed by atoms with Crippen LogP contribution in [0.1, 0.15) is 24.2 Å². The van der Waals surface area contributed by atoms with Crippen LogP contribution >= 0.6 is 0 Å². The predicted molar refractivity (Wildman–Crippen MR) is 97.6 cm³/mol. The molecular formula is C17H20N6O4. The van der Waals surface area contributed by atoms with Crippen LogP contribution in [0.5, 0.6) is 0 Å². The van der Waals surface area contributed by atoms with Gasteiger partial charge in [0.15, 0.2) is 11.5 Å². The first-order valence-corrected chi connectivity index (χ1v) is 8.38. The minimum Gasteiger partial charge on any atom is -0.478 e. The molecule has 1 amide bonds. The number of fused-ring (bicyclic) bond motifs is 1. The summed E-state index contributed by atoms with van der Waals surface area (Å²) in [6.07, 6.45) is 2.89. The molecule has 0 fully saturated rings. The van der Waals surface area contributed by atoms with E-state index in [-0.39, 0.29) is 18.0 Å². The zero-order chi connectivity index (χ0) is 19.7. The first kappa shape index (κ1) is 18.4. The number of pyridine rings is 1. The molecule has 3 heterocycles. The molecule has 3 rings (SSSR count). The van der Waals surface area contributed by atoms with Crippen molar-refractivity contribution >= 4 is 28.9 Å². The third-order valence-electron chi connectivity index (χ3n) is 3.93. The van der Waals surface area contributed by atoms with E-state index in [9.17, 15) is 19.5 Å². The summed E-state index contributed by atoms with van der Waals surface area (Å²) in [5, 5.41) is 15.9. The van der Waals surface area contributed by atoms with Crippen molar-refractivity contribution in [2.24, 2.45) is 13.0 Å². The number of aromatic nitrogens is 5. The number of hydrogen-bond acceptors (Lipinski definition) is 5. The molecule has 0 bridgehead atoms. The summed E-state index contributed by atoms with van der Waals surface area (Å²) in [6.45, 7) is 4.04. The Bertz CT molecular complexity index is 1070. The average Bonchev–Trinajstić information content (AvgIpc) is 3.10. The largest absolute Gasteiger partial charge is 0.478 e. The second kappa shape index (κ2) is 7.06. The maximum Gasteiger partial charge on any atom is 0.337 e. The number of rotatable bonds is 6. The van der Waals surface area contributed by atoms with Crippen LogP contribution in [0.2, 0.25) is 0 Å². The number of hydrogen-bond donors (Lipinski definition) is 2. The number of aromatic carboxylic acids is 1. The molecule has 10 nitrogen and oxygen atoms in total. The van der Waals surface area contributed by atoms with Gasteiger partial charge < -0.3 is 10.4 Å². The van der Waals surface area contributed by atoms with Gasteiger partial charge in [-0.25, -0.2) is 14.6 Å². The van der Waals surface area contributed by atoms with E-state index in [1.807, 2.05) is 13.8 Å². The first-order valence-electron chi connectivity index (χ1n) is 8.38. The molecule has 0 unspecified atom stereocenters. The van der Waals surface area contributed by atoms with Crippen LogP contribution in [-0.4, -0.2) is 40.9 Å². The Balaban J connectivity index is 2.02. The standard InChI is InChI=1S/C17H20N6O4/c1-10(2)8-23-15-12(6-11(7-18-15)16(25)26)22(17(23)27)9-14(24)19-13-4-5-21(3)20-13/h4-7,10H,8-9H2,1-3H3,(H,25,26)(H,19,20,24). The van der Waals surface area contributed by atoms with Crippen LogP contribution in [0.15, 0.2) is 29.3 Å². The lowest BCUT2D eigenvalue weighted by atomic mass is 10.2. The molecule has 0 saturated carbocycles. The van der Waals surface area contributed by atoms with Crippen LogP contribution in [0, 0.1) is 5.92 Å². The maximum atomic E-state index is 12.8. The van der Waals surface area contributed by atoms with Gasteiger partial charge in [-0.2, -0.15) is 5.10 Å². The van der Waals surface area contributed by atoms with Gasteiger partial charge >= 0.3 is 11.7 Å². The van der Waals surface area contributed by atoms with E-state index < -0.39 is 17.6 Å². The SMILES string of the molecule is CC(C)Cn1c(=O)n(CC(=O)Nc2ccn(C)n2)c2cc(C(=O)O)cnc21. The normalized spacial score (nSPS) is 11.3. The molecule has 0 aromatic carbocycles. The van der Waals surface area contributed by atoms with Gasteiger partial charge in [-0.15, -0.1) is 0 Å². The fraction of sp³-hybridized carbons (Fsp3) is 0.353. The van der Waals surface area contributed by atoms with E-state index in [0.29, 0.717) is 23.5 Å². The van der Waals surface area contributed by atoms with E-state index in [1.165, 1.54) is 21.4 Å². The van der Waals surface area contributed by atoms with Gasteiger partial charge in [0, 0.05) is 32.1 Å². The molecule has 0 aliphatic carbocycles. The number of imidazole rings is 1. The lowest BCUT2D eigenvalue weighted by Gasteiger charge is -2.05. The van der Waals surface area contributed by atoms with Gasteiger partial charge in [-0.1, -0.05) is 13.8 Å². The summed E-state index contributed by atoms with van der Waals surface area (Å²) in [5.74, 6) is -1.06. The predicted octanol–water partition coefficient (Wildman–Crippen LogP) is 0.924. The van der Waals surface area contributed by atoms with Crippen molar-refractivity contribution in [3.8, 4) is 0 Å². The number of nitrogens with one attached hydrogen (secondary N) is 1. The number of carboxylic acid groups (broad SMARTS) is 1. The molecule has 2 N–H and O–H groups in total. The van der Waals surface area contributed by atoms with Crippen molar-refractivity contribution in [2.75, 3.05) is 5.32 Å². The monoisotopic (exact) mass is 372 g/mol. The highest BCUT2D eigenvalue weighted by Gasteiger charge is 2.19. The quantitative estimate of drug-likeness (QED) is 0.663. The van der Waals surface area contributed by atoms with Crippen LogP contribution < -0.4 is 11.0 Å². The van der Waals surface area contributed by atoms with E-state index in [1.54, 1.807) is 24.0 Å². The Morgan fingerprint density at radius 1 is 1.30 bits per heavy atom. The highest BCUT2D eigenvalue weighted by molar-refractivity contribution is 5.92. The molecule has 27 heavy (non-hydrogen) atoms. The molecule has 0 spiro atoms. The average molecular weight is 372 g/mol. The van der Waals surface area contributed by atoms with Crippen LogP contribution in [0.4, 0.5) is 5.82 Å². The smallest absolute Gasteiger partial charge is 0.337 e. The van der Waals surface area contributed by atoms with E-state index in [0.717, 1.165) is 0 Å². The van der Waals surface area contributed by atoms with Crippen molar-refractivity contribution in [1.29, 1.82) is 0 Å². The molecular weight excluding hydrogens is 352 g/mol. The summed E-state index contributed by atoms with van der Waals surface area (Å²) < 4.78 is 4.23. The molecule has 142 valence electrons. The highest BCUT2D eigenvalue weighted by Crippen LogP contribution is 2.15. The number of carboxylic acids is 1. The minimum atomic E-state index is -1.15. The summed E-state index contributed by atoms with van der Waals surface area (Å²) >= 11 is 0. The fourth-order valence-electron chi connectivity index (χ4n) is 2.80. The maximum absolute atomic E-state index is 12.8. The minimum absolute atomic E-state index is 0.0527. The number of aryl methyl sites for hydroxylation is 1. The molecule has 10 heteroatoms. The van der Waals surface area contributed by atoms with Gasteiger partial charge in [0.25, 0.3) is 0 Å². The number of carbonyl (C=O) groups excluding carboxylic acids is 1. The van der Waals surface area contributed by atoms with Gasteiger partial charge in [-0.3, -0.25) is 18.6 Å². The van der Waals surface area contributed by atoms with Crippen LogP contribution in [0.3, 0.4) is 0 Å². The first-order chi connectivity index (χ1) is 12.8. The number of amides is 1. The second-order valence-corrected chi connectivity index (χ2v) is 6.67. The Morgan fingerprint density at radius 2 is 2.04 bits per heavy atom. The Morgan fingerprint density at radius 3 is 2.63 bits per heavy atom.